The van der Waals surface area contributed by atoms with Crippen LogP contribution < -0.4 is 0 Å². The highest BCUT2D eigenvalue weighted by molar-refractivity contribution is 6.27. The van der Waals surface area contributed by atoms with Gasteiger partial charge < -0.3 is 8.82 Å². The predicted octanol–water partition coefficient (Wildman–Crippen LogP) is 7.80. The number of benzene rings is 4. The van der Waals surface area contributed by atoms with Crippen LogP contribution in [0.15, 0.2) is 102 Å². The molecule has 148 valence electrons. The molecule has 0 saturated carbocycles. The number of rotatable bonds is 1. The summed E-state index contributed by atoms with van der Waals surface area (Å²) >= 11 is 0. The molecule has 0 aliphatic rings. The molecule has 0 bridgehead atoms. The third-order valence-corrected chi connectivity index (χ3v) is 6.79. The maximum atomic E-state index is 6.01. The molecule has 3 nitrogen and oxygen atoms in total. The Kier molecular flexibility index (Phi) is 2.89. The van der Waals surface area contributed by atoms with E-state index in [1.54, 1.807) is 0 Å². The van der Waals surface area contributed by atoms with Crippen LogP contribution in [0.5, 0.6) is 0 Å². The number of hydrogen-bond acceptors (Lipinski definition) is 2. The van der Waals surface area contributed by atoms with Crippen LogP contribution in [0, 0.1) is 0 Å². The van der Waals surface area contributed by atoms with Gasteiger partial charge in [0, 0.05) is 33.1 Å². The van der Waals surface area contributed by atoms with Gasteiger partial charge in [-0.15, -0.1) is 0 Å². The minimum atomic E-state index is 0.824. The molecule has 8 aromatic rings. The van der Waals surface area contributed by atoms with Gasteiger partial charge in [0.1, 0.15) is 11.1 Å². The van der Waals surface area contributed by atoms with E-state index in [0.717, 1.165) is 22.1 Å². The molecule has 4 heterocycles. The summed E-state index contributed by atoms with van der Waals surface area (Å²) < 4.78 is 8.43. The molecule has 0 aliphatic carbocycles. The van der Waals surface area contributed by atoms with Crippen molar-refractivity contribution in [3.63, 3.8) is 0 Å². The van der Waals surface area contributed by atoms with Crippen molar-refractivity contribution in [2.45, 2.75) is 0 Å². The van der Waals surface area contributed by atoms with Crippen LogP contribution in [-0.2, 0) is 0 Å². The first-order valence-corrected chi connectivity index (χ1v) is 10.8. The zero-order chi connectivity index (χ0) is 20.8. The minimum absolute atomic E-state index is 0.824. The molecule has 4 aromatic heterocycles. The molecule has 8 rings (SSSR count). The molecule has 32 heavy (non-hydrogen) atoms. The molecular formula is C29H16N2O. The van der Waals surface area contributed by atoms with Crippen LogP contribution in [0.1, 0.15) is 0 Å². The van der Waals surface area contributed by atoms with Gasteiger partial charge in [0.25, 0.3) is 0 Å². The molecule has 3 heteroatoms. The quantitative estimate of drug-likeness (QED) is 0.277. The molecule has 0 unspecified atom stereocenters. The first kappa shape index (κ1) is 16.3. The summed E-state index contributed by atoms with van der Waals surface area (Å²) in [6.07, 6.45) is 1.82. The van der Waals surface area contributed by atoms with Gasteiger partial charge in [-0.2, -0.15) is 0 Å². The summed E-state index contributed by atoms with van der Waals surface area (Å²) in [5, 5.41) is 6.23. The van der Waals surface area contributed by atoms with Crippen molar-refractivity contribution in [2.75, 3.05) is 0 Å². The van der Waals surface area contributed by atoms with Gasteiger partial charge in [-0.25, -0.2) is 0 Å². The molecule has 0 radical (unpaired) electrons. The topological polar surface area (TPSA) is 30.4 Å². The highest BCUT2D eigenvalue weighted by atomic mass is 16.3. The molecule has 0 aliphatic heterocycles. The lowest BCUT2D eigenvalue weighted by atomic mass is 9.96. The summed E-state index contributed by atoms with van der Waals surface area (Å²) in [5.41, 5.74) is 8.81. The Bertz CT molecular complexity index is 1990. The van der Waals surface area contributed by atoms with E-state index in [1.165, 1.54) is 49.2 Å². The maximum Gasteiger partial charge on any atom is 0.153 e. The smallest absolute Gasteiger partial charge is 0.153 e. The molecule has 0 saturated heterocycles. The summed E-state index contributed by atoms with van der Waals surface area (Å²) in [7, 11) is 0. The normalized spacial score (nSPS) is 12.4. The van der Waals surface area contributed by atoms with Crippen LogP contribution in [0.2, 0.25) is 0 Å². The van der Waals surface area contributed by atoms with Crippen LogP contribution in [0.25, 0.3) is 71.3 Å². The van der Waals surface area contributed by atoms with E-state index in [9.17, 15) is 0 Å². The van der Waals surface area contributed by atoms with Gasteiger partial charge in [0.05, 0.1) is 16.6 Å². The fraction of sp³-hybridized carbons (Fsp3) is 0. The van der Waals surface area contributed by atoms with Gasteiger partial charge >= 0.3 is 0 Å². The zero-order valence-electron chi connectivity index (χ0n) is 17.0. The number of nitrogens with zero attached hydrogens (tertiary/aromatic N) is 2. The Morgan fingerprint density at radius 1 is 0.625 bits per heavy atom. The molecule has 0 atom stereocenters. The third kappa shape index (κ3) is 1.89. The van der Waals surface area contributed by atoms with Crippen molar-refractivity contribution < 1.29 is 4.42 Å². The largest absolute Gasteiger partial charge is 0.454 e. The van der Waals surface area contributed by atoms with Crippen molar-refractivity contribution in [2.24, 2.45) is 0 Å². The van der Waals surface area contributed by atoms with Crippen molar-refractivity contribution in [3.05, 3.63) is 97.2 Å². The van der Waals surface area contributed by atoms with E-state index in [-0.39, 0.29) is 0 Å². The Morgan fingerprint density at radius 2 is 1.44 bits per heavy atom. The summed E-state index contributed by atoms with van der Waals surface area (Å²) in [6.45, 7) is 0. The van der Waals surface area contributed by atoms with Crippen LogP contribution in [0.3, 0.4) is 0 Å². The van der Waals surface area contributed by atoms with Gasteiger partial charge in [0.2, 0.25) is 0 Å². The molecule has 0 fully saturated rings. The van der Waals surface area contributed by atoms with Crippen molar-refractivity contribution in [1.29, 1.82) is 0 Å². The summed E-state index contributed by atoms with van der Waals surface area (Å²) in [6, 6.07) is 32.3. The SMILES string of the molecule is c1cnc2c(c1)oc1ccc(-c3ccc4c5ccccc5n5c6ccccc6c3c45)cc12. The predicted molar refractivity (Wildman–Crippen MR) is 132 cm³/mol. The second kappa shape index (κ2) is 5.65. The fourth-order valence-electron chi connectivity index (χ4n) is 5.47. The van der Waals surface area contributed by atoms with Crippen LogP contribution in [-0.4, -0.2) is 9.38 Å². The summed E-state index contributed by atoms with van der Waals surface area (Å²) in [4.78, 5) is 4.57. The Balaban J connectivity index is 1.56. The first-order valence-electron chi connectivity index (χ1n) is 10.8. The lowest BCUT2D eigenvalue weighted by Crippen LogP contribution is -1.81. The van der Waals surface area contributed by atoms with E-state index in [0.29, 0.717) is 0 Å². The Labute approximate surface area is 182 Å². The van der Waals surface area contributed by atoms with Gasteiger partial charge in [-0.1, -0.05) is 54.6 Å². The second-order valence-electron chi connectivity index (χ2n) is 8.42. The number of para-hydroxylation sites is 2. The average Bonchev–Trinajstić information content (AvgIpc) is 3.50. The third-order valence-electron chi connectivity index (χ3n) is 6.79. The van der Waals surface area contributed by atoms with Crippen molar-refractivity contribution in [3.8, 4) is 11.1 Å². The highest BCUT2D eigenvalue weighted by Crippen LogP contribution is 2.44. The highest BCUT2D eigenvalue weighted by Gasteiger charge is 2.20. The maximum absolute atomic E-state index is 6.01. The van der Waals surface area contributed by atoms with Gasteiger partial charge in [-0.3, -0.25) is 4.98 Å². The molecular weight excluding hydrogens is 392 g/mol. The van der Waals surface area contributed by atoms with Crippen molar-refractivity contribution in [1.82, 2.24) is 9.38 Å². The van der Waals surface area contributed by atoms with Crippen LogP contribution >= 0.6 is 0 Å². The monoisotopic (exact) mass is 408 g/mol. The standard InChI is InChI=1S/C29H16N2O/c1-3-8-23-19(6-1)20-13-12-18(27-21-7-2-4-9-24(21)31(23)29(20)27)17-11-14-25-22(16-17)28-26(32-25)10-5-15-30-28/h1-16H. The van der Waals surface area contributed by atoms with Gasteiger partial charge in [-0.05, 0) is 47.5 Å². The summed E-state index contributed by atoms with van der Waals surface area (Å²) in [5.74, 6) is 0. The lowest BCUT2D eigenvalue weighted by molar-refractivity contribution is 0.668. The second-order valence-corrected chi connectivity index (χ2v) is 8.42. The van der Waals surface area contributed by atoms with E-state index >= 15 is 0 Å². The molecule has 0 N–H and O–H groups in total. The number of fused-ring (bicyclic) bond motifs is 9. The van der Waals surface area contributed by atoms with E-state index in [4.69, 9.17) is 4.42 Å². The van der Waals surface area contributed by atoms with Crippen molar-refractivity contribution >= 4 is 60.2 Å². The fourth-order valence-corrected chi connectivity index (χ4v) is 5.47. The van der Waals surface area contributed by atoms with Gasteiger partial charge in [0.15, 0.2) is 5.58 Å². The first-order chi connectivity index (χ1) is 15.9. The molecule has 4 aromatic carbocycles. The lowest BCUT2D eigenvalue weighted by Gasteiger charge is -2.06. The number of hydrogen-bond donors (Lipinski definition) is 0. The molecule has 0 spiro atoms. The van der Waals surface area contributed by atoms with Crippen LogP contribution in [0.4, 0.5) is 0 Å². The zero-order valence-corrected chi connectivity index (χ0v) is 17.0. The van der Waals surface area contributed by atoms with E-state index in [2.05, 4.69) is 88.2 Å². The Hall–Kier alpha value is -4.37. The van der Waals surface area contributed by atoms with E-state index in [1.807, 2.05) is 18.3 Å². The number of pyridine rings is 1. The molecule has 0 amide bonds. The minimum Gasteiger partial charge on any atom is -0.454 e. The van der Waals surface area contributed by atoms with E-state index < -0.39 is 0 Å². The Morgan fingerprint density at radius 3 is 2.34 bits per heavy atom. The number of furan rings is 1. The number of aromatic nitrogens is 2. The average molecular weight is 408 g/mol.